The van der Waals surface area contributed by atoms with Gasteiger partial charge in [-0.2, -0.15) is 0 Å². The van der Waals surface area contributed by atoms with Crippen molar-refractivity contribution < 1.29 is 19.6 Å². The molecular weight excluding hydrogens is 280 g/mol. The van der Waals surface area contributed by atoms with Crippen LogP contribution in [0.5, 0.6) is 0 Å². The molecule has 2 heterocycles. The van der Waals surface area contributed by atoms with Crippen LogP contribution in [0.1, 0.15) is 60.3 Å². The topological polar surface area (TPSA) is 47.9 Å². The molecule has 2 aliphatic heterocycles. The van der Waals surface area contributed by atoms with Crippen molar-refractivity contribution in [1.82, 2.24) is 0 Å². The second-order valence-electron chi connectivity index (χ2n) is 8.39. The summed E-state index contributed by atoms with van der Waals surface area (Å²) in [5, 5.41) is 10.1. The first-order valence-corrected chi connectivity index (χ1v) is 8.54. The molecule has 4 heteroatoms. The van der Waals surface area contributed by atoms with Crippen LogP contribution in [0, 0.1) is 23.2 Å². The predicted molar refractivity (Wildman–Crippen MR) is 84.0 cm³/mol. The van der Waals surface area contributed by atoms with Gasteiger partial charge in [-0.15, -0.1) is 0 Å². The van der Waals surface area contributed by atoms with Gasteiger partial charge in [0.15, 0.2) is 5.60 Å². The fraction of sp³-hybridized carbons (Fsp3) is 0.889. The Balaban J connectivity index is 2.18. The lowest BCUT2D eigenvalue weighted by Crippen LogP contribution is -2.73. The average molecular weight is 310 g/mol. The van der Waals surface area contributed by atoms with E-state index >= 15 is 0 Å². The third-order valence-corrected chi connectivity index (χ3v) is 7.17. The van der Waals surface area contributed by atoms with Crippen LogP contribution < -0.4 is 0 Å². The first-order valence-electron chi connectivity index (χ1n) is 8.54. The normalized spacial score (nSPS) is 50.7. The molecule has 6 atom stereocenters. The van der Waals surface area contributed by atoms with E-state index < -0.39 is 11.9 Å². The maximum Gasteiger partial charge on any atom is 0.233 e. The van der Waals surface area contributed by atoms with E-state index in [1.807, 2.05) is 0 Å². The zero-order valence-corrected chi connectivity index (χ0v) is 14.5. The van der Waals surface area contributed by atoms with E-state index in [9.17, 15) is 5.26 Å². The van der Waals surface area contributed by atoms with E-state index in [1.165, 1.54) is 0 Å². The largest absolute Gasteiger partial charge is 0.467 e. The summed E-state index contributed by atoms with van der Waals surface area (Å²) in [5.41, 5.74) is -1.35. The molecule has 0 aromatic rings. The minimum atomic E-state index is -0.820. The van der Waals surface area contributed by atoms with Crippen molar-refractivity contribution in [1.29, 1.82) is 0 Å². The number of rotatable bonds is 1. The Hall–Kier alpha value is -0.580. The first kappa shape index (κ1) is 16.3. The van der Waals surface area contributed by atoms with E-state index in [-0.39, 0.29) is 22.9 Å². The zero-order valence-electron chi connectivity index (χ0n) is 14.5. The molecule has 126 valence electrons. The van der Waals surface area contributed by atoms with Gasteiger partial charge in [0.25, 0.3) is 0 Å². The molecule has 22 heavy (non-hydrogen) atoms. The van der Waals surface area contributed by atoms with Crippen LogP contribution in [0.2, 0.25) is 0 Å². The van der Waals surface area contributed by atoms with E-state index in [4.69, 9.17) is 14.4 Å². The summed E-state index contributed by atoms with van der Waals surface area (Å²) in [6.07, 6.45) is 3.27. The van der Waals surface area contributed by atoms with E-state index in [2.05, 4.69) is 41.2 Å². The van der Waals surface area contributed by atoms with Crippen LogP contribution >= 0.6 is 0 Å². The summed E-state index contributed by atoms with van der Waals surface area (Å²) in [6.45, 7) is 14.9. The molecule has 0 aromatic carbocycles. The molecule has 3 rings (SSSR count). The molecule has 0 radical (unpaired) electrons. The van der Waals surface area contributed by atoms with Gasteiger partial charge in [0, 0.05) is 17.8 Å². The van der Waals surface area contributed by atoms with Gasteiger partial charge in [0.1, 0.15) is 0 Å². The fourth-order valence-electron chi connectivity index (χ4n) is 5.35. The molecule has 1 saturated carbocycles. The zero-order chi connectivity index (χ0) is 16.3. The number of hydrogen-bond donors (Lipinski definition) is 1. The summed E-state index contributed by atoms with van der Waals surface area (Å²) in [4.78, 5) is 5.32. The Kier molecular flexibility index (Phi) is 3.67. The Labute approximate surface area is 133 Å². The summed E-state index contributed by atoms with van der Waals surface area (Å²) in [5.74, 6) is 1.65. The predicted octanol–water partition coefficient (Wildman–Crippen LogP) is 4.36. The van der Waals surface area contributed by atoms with Crippen molar-refractivity contribution in [2.45, 2.75) is 77.8 Å². The van der Waals surface area contributed by atoms with E-state index in [1.54, 1.807) is 0 Å². The summed E-state index contributed by atoms with van der Waals surface area (Å²) >= 11 is 0. The number of allylic oxidation sites excluding steroid dienone is 1. The molecule has 4 nitrogen and oxygen atoms in total. The smallest absolute Gasteiger partial charge is 0.233 e. The lowest BCUT2D eigenvalue weighted by atomic mass is 9.48. The van der Waals surface area contributed by atoms with Crippen molar-refractivity contribution in [3.05, 3.63) is 12.3 Å². The second-order valence-corrected chi connectivity index (χ2v) is 8.39. The van der Waals surface area contributed by atoms with Gasteiger partial charge >= 0.3 is 0 Å². The van der Waals surface area contributed by atoms with Crippen molar-refractivity contribution in [2.75, 3.05) is 0 Å². The fourth-order valence-corrected chi connectivity index (χ4v) is 5.35. The van der Waals surface area contributed by atoms with Crippen LogP contribution in [-0.4, -0.2) is 22.7 Å². The molecule has 0 aromatic heterocycles. The molecule has 2 saturated heterocycles. The Bertz CT molecular complexity index is 474. The van der Waals surface area contributed by atoms with Crippen LogP contribution in [-0.2, 0) is 14.4 Å². The van der Waals surface area contributed by atoms with Crippen molar-refractivity contribution in [3.63, 3.8) is 0 Å². The van der Waals surface area contributed by atoms with Crippen LogP contribution in [0.3, 0.4) is 0 Å². The maximum absolute atomic E-state index is 10.1. The van der Waals surface area contributed by atoms with Crippen LogP contribution in [0.4, 0.5) is 0 Å². The average Bonchev–Trinajstić information content (AvgIpc) is 2.59. The van der Waals surface area contributed by atoms with Gasteiger partial charge in [-0.05, 0) is 44.9 Å². The highest BCUT2D eigenvalue weighted by Gasteiger charge is 2.72. The van der Waals surface area contributed by atoms with Gasteiger partial charge < -0.3 is 9.47 Å². The molecule has 1 unspecified atom stereocenters. The Morgan fingerprint density at radius 2 is 1.91 bits per heavy atom. The highest BCUT2D eigenvalue weighted by atomic mass is 17.1. The van der Waals surface area contributed by atoms with Gasteiger partial charge in [0.05, 0.1) is 11.4 Å². The summed E-state index contributed by atoms with van der Waals surface area (Å²) < 4.78 is 12.4. The Morgan fingerprint density at radius 3 is 2.55 bits per heavy atom. The molecule has 0 spiro atoms. The van der Waals surface area contributed by atoms with Crippen LogP contribution in [0.25, 0.3) is 0 Å². The molecule has 0 amide bonds. The SMILES string of the molecule is C=C1CCC2[C@H](C)CC[C@@]3(C)[C@@H](C)C(C)(C)O[C@H](O1)[C@@]23OO. The van der Waals surface area contributed by atoms with Gasteiger partial charge in [0.2, 0.25) is 6.29 Å². The van der Waals surface area contributed by atoms with Crippen molar-refractivity contribution >= 4 is 0 Å². The highest BCUT2D eigenvalue weighted by Crippen LogP contribution is 2.64. The van der Waals surface area contributed by atoms with E-state index in [0.717, 1.165) is 31.4 Å². The molecule has 1 aliphatic carbocycles. The second kappa shape index (κ2) is 4.96. The van der Waals surface area contributed by atoms with Gasteiger partial charge in [-0.3, -0.25) is 5.26 Å². The quantitative estimate of drug-likeness (QED) is 0.577. The molecule has 0 bridgehead atoms. The minimum absolute atomic E-state index is 0.198. The van der Waals surface area contributed by atoms with Crippen molar-refractivity contribution in [3.8, 4) is 0 Å². The van der Waals surface area contributed by atoms with Crippen molar-refractivity contribution in [2.24, 2.45) is 23.2 Å². The molecule has 3 aliphatic rings. The molecule has 1 N–H and O–H groups in total. The maximum atomic E-state index is 10.1. The van der Waals surface area contributed by atoms with Gasteiger partial charge in [-0.25, -0.2) is 4.89 Å². The Morgan fingerprint density at radius 1 is 1.23 bits per heavy atom. The lowest BCUT2D eigenvalue weighted by Gasteiger charge is -2.65. The minimum Gasteiger partial charge on any atom is -0.467 e. The summed E-state index contributed by atoms with van der Waals surface area (Å²) in [7, 11) is 0. The standard InChI is InChI=1S/C18H30O4/c1-11-9-10-17(6)13(3)16(4,5)21-15-18(17,22-19)14(11)8-7-12(2)20-15/h11,13-15,19H,2,7-10H2,1,3-6H3/t11-,13+,14?,15+,17+,18+/m1/s1. The van der Waals surface area contributed by atoms with Gasteiger partial charge in [-0.1, -0.05) is 27.4 Å². The molecule has 3 fully saturated rings. The molecular formula is C18H30O4. The van der Waals surface area contributed by atoms with Crippen LogP contribution in [0.15, 0.2) is 12.3 Å². The number of hydrogen-bond acceptors (Lipinski definition) is 4. The number of ether oxygens (including phenoxy) is 2. The van der Waals surface area contributed by atoms with E-state index in [0.29, 0.717) is 5.92 Å². The third kappa shape index (κ3) is 1.87. The lowest BCUT2D eigenvalue weighted by molar-refractivity contribution is -0.467. The first-order chi connectivity index (χ1) is 10.2. The monoisotopic (exact) mass is 310 g/mol. The summed E-state index contributed by atoms with van der Waals surface area (Å²) in [6, 6.07) is 0. The highest BCUT2D eigenvalue weighted by molar-refractivity contribution is 5.17. The third-order valence-electron chi connectivity index (χ3n) is 7.17.